The number of carbonyl (C=O) groups is 2. The molecule has 0 bridgehead atoms. The zero-order valence-electron chi connectivity index (χ0n) is 19.4. The molecule has 1 unspecified atom stereocenters. The van der Waals surface area contributed by atoms with Crippen LogP contribution in [-0.4, -0.2) is 32.7 Å². The quantitative estimate of drug-likeness (QED) is 0.343. The Morgan fingerprint density at radius 3 is 2.49 bits per heavy atom. The Hall–Kier alpha value is -3.71. The number of benzene rings is 1. The van der Waals surface area contributed by atoms with Gasteiger partial charge in [0.05, 0.1) is 6.54 Å². The third kappa shape index (κ3) is 5.35. The topological polar surface area (TPSA) is 78.1 Å². The Kier molecular flexibility index (Phi) is 7.04. The average molecular weight is 485 g/mol. The molecule has 1 aliphatic carbocycles. The van der Waals surface area contributed by atoms with E-state index in [1.165, 1.54) is 0 Å². The second-order valence-corrected chi connectivity index (χ2v) is 9.87. The predicted molar refractivity (Wildman–Crippen MR) is 138 cm³/mol. The molecule has 1 saturated carbocycles. The van der Waals surface area contributed by atoms with Crippen molar-refractivity contribution in [1.29, 1.82) is 0 Å². The molecule has 35 heavy (non-hydrogen) atoms. The first-order chi connectivity index (χ1) is 17.2. The highest BCUT2D eigenvalue weighted by Gasteiger charge is 2.34. The minimum absolute atomic E-state index is 0.150. The Morgan fingerprint density at radius 2 is 1.77 bits per heavy atom. The summed E-state index contributed by atoms with van der Waals surface area (Å²) in [5, 5.41) is 5.20. The van der Waals surface area contributed by atoms with Gasteiger partial charge in [-0.2, -0.15) is 0 Å². The fraction of sp³-hybridized carbons (Fsp3) is 0.250. The van der Waals surface area contributed by atoms with Crippen molar-refractivity contribution in [1.82, 2.24) is 20.2 Å². The van der Waals surface area contributed by atoms with Crippen molar-refractivity contribution >= 4 is 23.2 Å². The van der Waals surface area contributed by atoms with Gasteiger partial charge in [-0.1, -0.05) is 49.2 Å². The van der Waals surface area contributed by atoms with Crippen molar-refractivity contribution < 1.29 is 9.59 Å². The van der Waals surface area contributed by atoms with Gasteiger partial charge < -0.3 is 15.2 Å². The van der Waals surface area contributed by atoms with Crippen LogP contribution in [0.5, 0.6) is 0 Å². The molecule has 3 aromatic heterocycles. The Balaban J connectivity index is 1.51. The summed E-state index contributed by atoms with van der Waals surface area (Å²) in [6.07, 6.45) is 7.53. The van der Waals surface area contributed by atoms with Crippen LogP contribution >= 0.6 is 11.3 Å². The number of H-pyrrole nitrogens is 1. The van der Waals surface area contributed by atoms with Crippen LogP contribution in [0.15, 0.2) is 84.5 Å². The number of carbonyl (C=O) groups excluding carboxylic acids is 2. The Labute approximate surface area is 209 Å². The van der Waals surface area contributed by atoms with Crippen LogP contribution in [0.1, 0.15) is 52.7 Å². The lowest BCUT2D eigenvalue weighted by atomic mass is 10.0. The average Bonchev–Trinajstić information content (AvgIpc) is 3.68. The number of aromatic nitrogens is 2. The molecule has 1 fully saturated rings. The van der Waals surface area contributed by atoms with Gasteiger partial charge in [-0.25, -0.2) is 0 Å². The number of hydrogen-bond donors (Lipinski definition) is 2. The summed E-state index contributed by atoms with van der Waals surface area (Å²) in [6.45, 7) is 0.335. The lowest BCUT2D eigenvalue weighted by molar-refractivity contribution is -0.126. The van der Waals surface area contributed by atoms with E-state index in [0.717, 1.165) is 47.4 Å². The van der Waals surface area contributed by atoms with Crippen LogP contribution in [0, 0.1) is 0 Å². The first kappa shape index (κ1) is 23.1. The van der Waals surface area contributed by atoms with Gasteiger partial charge in [0.25, 0.3) is 5.91 Å². The van der Waals surface area contributed by atoms with Gasteiger partial charge >= 0.3 is 0 Å². The van der Waals surface area contributed by atoms with Gasteiger partial charge in [0.1, 0.15) is 11.7 Å². The number of thiophene rings is 1. The summed E-state index contributed by atoms with van der Waals surface area (Å²) in [7, 11) is 0. The molecule has 2 amide bonds. The first-order valence-corrected chi connectivity index (χ1v) is 12.8. The molecular weight excluding hydrogens is 456 g/mol. The summed E-state index contributed by atoms with van der Waals surface area (Å²) in [4.78, 5) is 37.8. The SMILES string of the molecule is O=C(NC1CCCC1)C(c1ccncc1)N(Cc1cccs1)C(=O)c1ccc(-c2ccccc2)[nH]1. The number of aromatic amines is 1. The molecule has 0 spiro atoms. The highest BCUT2D eigenvalue weighted by Crippen LogP contribution is 2.29. The minimum atomic E-state index is -0.767. The van der Waals surface area contributed by atoms with E-state index in [1.807, 2.05) is 66.0 Å². The van der Waals surface area contributed by atoms with Crippen LogP contribution in [0.3, 0.4) is 0 Å². The van der Waals surface area contributed by atoms with Crippen molar-refractivity contribution in [2.75, 3.05) is 0 Å². The fourth-order valence-corrected chi connectivity index (χ4v) is 5.38. The van der Waals surface area contributed by atoms with Crippen molar-refractivity contribution in [2.45, 2.75) is 44.3 Å². The molecular formula is C28H28N4O2S. The molecule has 3 heterocycles. The maximum atomic E-state index is 14.0. The number of nitrogens with zero attached hydrogens (tertiary/aromatic N) is 2. The summed E-state index contributed by atoms with van der Waals surface area (Å²) in [6, 6.07) is 20.6. The van der Waals surface area contributed by atoms with Crippen molar-refractivity contribution in [3.63, 3.8) is 0 Å². The van der Waals surface area contributed by atoms with Gasteiger partial charge in [0.15, 0.2) is 0 Å². The molecule has 1 atom stereocenters. The molecule has 178 valence electrons. The molecule has 0 radical (unpaired) electrons. The van der Waals surface area contributed by atoms with E-state index < -0.39 is 6.04 Å². The zero-order chi connectivity index (χ0) is 24.0. The van der Waals surface area contributed by atoms with Crippen LogP contribution in [0.2, 0.25) is 0 Å². The van der Waals surface area contributed by atoms with E-state index in [-0.39, 0.29) is 17.9 Å². The number of amides is 2. The second-order valence-electron chi connectivity index (χ2n) is 8.84. The molecule has 1 aliphatic rings. The summed E-state index contributed by atoms with van der Waals surface area (Å²) < 4.78 is 0. The largest absolute Gasteiger partial charge is 0.351 e. The monoisotopic (exact) mass is 484 g/mol. The number of nitrogens with one attached hydrogen (secondary N) is 2. The van der Waals surface area contributed by atoms with E-state index in [9.17, 15) is 9.59 Å². The molecule has 6 nitrogen and oxygen atoms in total. The number of rotatable bonds is 8. The lowest BCUT2D eigenvalue weighted by Crippen LogP contribution is -2.45. The third-order valence-corrected chi connectivity index (χ3v) is 7.31. The normalized spacial score (nSPS) is 14.5. The summed E-state index contributed by atoms with van der Waals surface area (Å²) in [5.41, 5.74) is 3.06. The van der Waals surface area contributed by atoms with E-state index in [1.54, 1.807) is 34.7 Å². The van der Waals surface area contributed by atoms with Gasteiger partial charge in [-0.05, 0) is 59.7 Å². The maximum absolute atomic E-state index is 14.0. The molecule has 4 aromatic rings. The first-order valence-electron chi connectivity index (χ1n) is 12.0. The second kappa shape index (κ2) is 10.7. The molecule has 5 rings (SSSR count). The number of pyridine rings is 1. The standard InChI is InChI=1S/C28H28N4O2S/c33-27(30-22-9-4-5-10-22)26(21-14-16-29-17-15-21)32(19-23-11-6-18-35-23)28(34)25-13-12-24(31-25)20-7-2-1-3-8-20/h1-3,6-8,11-18,22,26,31H,4-5,9-10,19H2,(H,30,33). The highest BCUT2D eigenvalue weighted by atomic mass is 32.1. The van der Waals surface area contributed by atoms with Crippen LogP contribution in [0.4, 0.5) is 0 Å². The van der Waals surface area contributed by atoms with E-state index in [4.69, 9.17) is 0 Å². The van der Waals surface area contributed by atoms with E-state index in [0.29, 0.717) is 12.2 Å². The van der Waals surface area contributed by atoms with Crippen molar-refractivity contribution in [3.05, 3.63) is 101 Å². The summed E-state index contributed by atoms with van der Waals surface area (Å²) in [5.74, 6) is -0.369. The lowest BCUT2D eigenvalue weighted by Gasteiger charge is -2.31. The third-order valence-electron chi connectivity index (χ3n) is 6.45. The summed E-state index contributed by atoms with van der Waals surface area (Å²) >= 11 is 1.58. The fourth-order valence-electron chi connectivity index (χ4n) is 4.68. The molecule has 0 saturated heterocycles. The zero-order valence-corrected chi connectivity index (χ0v) is 20.2. The number of hydrogen-bond acceptors (Lipinski definition) is 4. The van der Waals surface area contributed by atoms with Gasteiger partial charge in [0.2, 0.25) is 5.91 Å². The van der Waals surface area contributed by atoms with E-state index >= 15 is 0 Å². The van der Waals surface area contributed by atoms with E-state index in [2.05, 4.69) is 15.3 Å². The Morgan fingerprint density at radius 1 is 1.00 bits per heavy atom. The van der Waals surface area contributed by atoms with Crippen LogP contribution in [0.25, 0.3) is 11.3 Å². The molecule has 7 heteroatoms. The van der Waals surface area contributed by atoms with Crippen LogP contribution in [-0.2, 0) is 11.3 Å². The molecule has 0 aliphatic heterocycles. The van der Waals surface area contributed by atoms with Gasteiger partial charge in [0, 0.05) is 29.0 Å². The minimum Gasteiger partial charge on any atom is -0.351 e. The van der Waals surface area contributed by atoms with Crippen molar-refractivity contribution in [2.24, 2.45) is 0 Å². The van der Waals surface area contributed by atoms with Gasteiger partial charge in [-0.15, -0.1) is 11.3 Å². The van der Waals surface area contributed by atoms with Gasteiger partial charge in [-0.3, -0.25) is 14.6 Å². The Bertz CT molecular complexity index is 1250. The van der Waals surface area contributed by atoms with Crippen LogP contribution < -0.4 is 5.32 Å². The molecule has 2 N–H and O–H groups in total. The highest BCUT2D eigenvalue weighted by molar-refractivity contribution is 7.09. The smallest absolute Gasteiger partial charge is 0.271 e. The molecule has 1 aromatic carbocycles. The van der Waals surface area contributed by atoms with Crippen molar-refractivity contribution in [3.8, 4) is 11.3 Å². The maximum Gasteiger partial charge on any atom is 0.271 e. The predicted octanol–water partition coefficient (Wildman–Crippen LogP) is 5.58.